The van der Waals surface area contributed by atoms with Crippen molar-refractivity contribution in [3.63, 3.8) is 0 Å². The van der Waals surface area contributed by atoms with E-state index in [9.17, 15) is 4.79 Å². The zero-order valence-electron chi connectivity index (χ0n) is 12.6. The Bertz CT molecular complexity index is 601. The summed E-state index contributed by atoms with van der Waals surface area (Å²) >= 11 is 5.97. The van der Waals surface area contributed by atoms with Crippen LogP contribution in [0.15, 0.2) is 54.6 Å². The topological polar surface area (TPSA) is 38.3 Å². The third kappa shape index (κ3) is 5.41. The first-order valence-corrected chi connectivity index (χ1v) is 7.73. The molecule has 1 N–H and O–H groups in total. The number of ether oxygens (including phenoxy) is 1. The smallest absolute Gasteiger partial charge is 0.258 e. The van der Waals surface area contributed by atoms with Gasteiger partial charge in [-0.25, -0.2) is 0 Å². The Hall–Kier alpha value is -2.00. The molecule has 22 heavy (non-hydrogen) atoms. The van der Waals surface area contributed by atoms with Gasteiger partial charge in [0.15, 0.2) is 6.61 Å². The maximum Gasteiger partial charge on any atom is 0.258 e. The number of hydrogen-bond acceptors (Lipinski definition) is 2. The van der Waals surface area contributed by atoms with E-state index in [1.54, 1.807) is 12.1 Å². The summed E-state index contributed by atoms with van der Waals surface area (Å²) in [4.78, 5) is 11.9. The average Bonchev–Trinajstić information content (AvgIpc) is 2.53. The van der Waals surface area contributed by atoms with Crippen LogP contribution in [0.2, 0.25) is 5.02 Å². The molecule has 0 bridgehead atoms. The molecule has 0 spiro atoms. The molecule has 0 saturated carbocycles. The van der Waals surface area contributed by atoms with E-state index in [-0.39, 0.29) is 18.6 Å². The van der Waals surface area contributed by atoms with Crippen LogP contribution < -0.4 is 10.1 Å². The molecule has 0 aliphatic heterocycles. The van der Waals surface area contributed by atoms with E-state index in [2.05, 4.69) is 17.4 Å². The van der Waals surface area contributed by atoms with Crippen LogP contribution in [0.4, 0.5) is 0 Å². The lowest BCUT2D eigenvalue weighted by Crippen LogP contribution is -2.36. The van der Waals surface area contributed by atoms with Gasteiger partial charge in [0.2, 0.25) is 0 Å². The van der Waals surface area contributed by atoms with Gasteiger partial charge in [0.1, 0.15) is 5.75 Å². The van der Waals surface area contributed by atoms with E-state index >= 15 is 0 Å². The molecule has 0 aromatic heterocycles. The van der Waals surface area contributed by atoms with Gasteiger partial charge in [0, 0.05) is 6.04 Å². The maximum atomic E-state index is 11.9. The molecule has 0 aliphatic rings. The number of para-hydroxylation sites is 1. The fourth-order valence-electron chi connectivity index (χ4n) is 2.12. The lowest BCUT2D eigenvalue weighted by molar-refractivity contribution is -0.123. The summed E-state index contributed by atoms with van der Waals surface area (Å²) < 4.78 is 5.42. The highest BCUT2D eigenvalue weighted by Gasteiger charge is 2.09. The van der Waals surface area contributed by atoms with Crippen molar-refractivity contribution in [1.82, 2.24) is 5.32 Å². The standard InChI is InChI=1S/C18H20ClNO2/c1-14(11-12-15-7-3-2-4-8-15)20-18(21)13-22-17-10-6-5-9-16(17)19/h2-10,14H,11-13H2,1H3,(H,20,21)/t14-/m0/s1. The molecule has 1 amide bonds. The van der Waals surface area contributed by atoms with Gasteiger partial charge in [-0.1, -0.05) is 54.1 Å². The number of carbonyl (C=O) groups excluding carboxylic acids is 1. The Labute approximate surface area is 136 Å². The van der Waals surface area contributed by atoms with E-state index in [4.69, 9.17) is 16.3 Å². The van der Waals surface area contributed by atoms with Gasteiger partial charge in [-0.15, -0.1) is 0 Å². The minimum atomic E-state index is -0.138. The lowest BCUT2D eigenvalue weighted by atomic mass is 10.1. The van der Waals surface area contributed by atoms with E-state index in [0.29, 0.717) is 10.8 Å². The predicted octanol–water partition coefficient (Wildman–Crippen LogP) is 3.86. The number of halogens is 1. The zero-order chi connectivity index (χ0) is 15.8. The second-order valence-electron chi connectivity index (χ2n) is 5.21. The summed E-state index contributed by atoms with van der Waals surface area (Å²) in [6.45, 7) is 1.97. The summed E-state index contributed by atoms with van der Waals surface area (Å²) in [5.74, 6) is 0.386. The summed E-state index contributed by atoms with van der Waals surface area (Å²) in [6, 6.07) is 17.5. The highest BCUT2D eigenvalue weighted by molar-refractivity contribution is 6.32. The molecule has 3 nitrogen and oxygen atoms in total. The summed E-state index contributed by atoms with van der Waals surface area (Å²) in [5.41, 5.74) is 1.27. The monoisotopic (exact) mass is 317 g/mol. The molecule has 1 atom stereocenters. The number of carbonyl (C=O) groups is 1. The second-order valence-corrected chi connectivity index (χ2v) is 5.62. The van der Waals surface area contributed by atoms with Crippen LogP contribution in [-0.2, 0) is 11.2 Å². The molecular formula is C18H20ClNO2. The number of nitrogens with one attached hydrogen (secondary N) is 1. The number of amides is 1. The Morgan fingerprint density at radius 3 is 2.55 bits per heavy atom. The number of benzene rings is 2. The van der Waals surface area contributed by atoms with Crippen LogP contribution in [-0.4, -0.2) is 18.6 Å². The Morgan fingerprint density at radius 2 is 1.82 bits per heavy atom. The van der Waals surface area contributed by atoms with E-state index in [1.165, 1.54) is 5.56 Å². The lowest BCUT2D eigenvalue weighted by Gasteiger charge is -2.14. The van der Waals surface area contributed by atoms with Crippen LogP contribution in [0.1, 0.15) is 18.9 Å². The Morgan fingerprint density at radius 1 is 1.14 bits per heavy atom. The molecule has 0 aliphatic carbocycles. The second kappa shape index (κ2) is 8.44. The zero-order valence-corrected chi connectivity index (χ0v) is 13.3. The summed E-state index contributed by atoms with van der Waals surface area (Å²) in [6.07, 6.45) is 1.83. The first-order valence-electron chi connectivity index (χ1n) is 7.36. The molecule has 4 heteroatoms. The quantitative estimate of drug-likeness (QED) is 0.842. The van der Waals surface area contributed by atoms with Crippen molar-refractivity contribution in [2.75, 3.05) is 6.61 Å². The SMILES string of the molecule is C[C@@H](CCc1ccccc1)NC(=O)COc1ccccc1Cl. The van der Waals surface area contributed by atoms with Crippen LogP contribution >= 0.6 is 11.6 Å². The molecule has 116 valence electrons. The van der Waals surface area contributed by atoms with Crippen LogP contribution in [0.25, 0.3) is 0 Å². The third-order valence-electron chi connectivity index (χ3n) is 3.31. The van der Waals surface area contributed by atoms with Crippen molar-refractivity contribution >= 4 is 17.5 Å². The Balaban J connectivity index is 1.71. The van der Waals surface area contributed by atoms with Gasteiger partial charge in [0.25, 0.3) is 5.91 Å². The summed E-state index contributed by atoms with van der Waals surface area (Å²) in [7, 11) is 0. The molecule has 2 aromatic carbocycles. The molecule has 2 rings (SSSR count). The first kappa shape index (κ1) is 16.4. The number of rotatable bonds is 7. The average molecular weight is 318 g/mol. The van der Waals surface area contributed by atoms with Crippen LogP contribution in [0, 0.1) is 0 Å². The van der Waals surface area contributed by atoms with Gasteiger partial charge in [0.05, 0.1) is 5.02 Å². The minimum Gasteiger partial charge on any atom is -0.482 e. The van der Waals surface area contributed by atoms with Crippen molar-refractivity contribution in [2.45, 2.75) is 25.8 Å². The molecule has 2 aromatic rings. The van der Waals surface area contributed by atoms with Crippen LogP contribution in [0.3, 0.4) is 0 Å². The summed E-state index contributed by atoms with van der Waals surface area (Å²) in [5, 5.41) is 3.44. The normalized spacial score (nSPS) is 11.7. The Kier molecular flexibility index (Phi) is 6.28. The molecule has 0 radical (unpaired) electrons. The van der Waals surface area contributed by atoms with Crippen molar-refractivity contribution in [1.29, 1.82) is 0 Å². The van der Waals surface area contributed by atoms with Gasteiger partial charge in [-0.2, -0.15) is 0 Å². The van der Waals surface area contributed by atoms with Crippen molar-refractivity contribution < 1.29 is 9.53 Å². The fraction of sp³-hybridized carbons (Fsp3) is 0.278. The predicted molar refractivity (Wildman–Crippen MR) is 89.3 cm³/mol. The number of hydrogen-bond donors (Lipinski definition) is 1. The fourth-order valence-corrected chi connectivity index (χ4v) is 2.31. The highest BCUT2D eigenvalue weighted by atomic mass is 35.5. The van der Waals surface area contributed by atoms with E-state index in [1.807, 2.05) is 37.3 Å². The van der Waals surface area contributed by atoms with Gasteiger partial charge in [-0.3, -0.25) is 4.79 Å². The van der Waals surface area contributed by atoms with Crippen molar-refractivity contribution in [3.8, 4) is 5.75 Å². The molecular weight excluding hydrogens is 298 g/mol. The highest BCUT2D eigenvalue weighted by Crippen LogP contribution is 2.22. The van der Waals surface area contributed by atoms with Gasteiger partial charge >= 0.3 is 0 Å². The third-order valence-corrected chi connectivity index (χ3v) is 3.62. The number of aryl methyl sites for hydroxylation is 1. The largest absolute Gasteiger partial charge is 0.482 e. The van der Waals surface area contributed by atoms with Crippen molar-refractivity contribution in [2.24, 2.45) is 0 Å². The molecule has 0 heterocycles. The van der Waals surface area contributed by atoms with Crippen molar-refractivity contribution in [3.05, 3.63) is 65.2 Å². The van der Waals surface area contributed by atoms with E-state index in [0.717, 1.165) is 12.8 Å². The molecule has 0 fully saturated rings. The minimum absolute atomic E-state index is 0.0284. The molecule has 0 unspecified atom stereocenters. The van der Waals surface area contributed by atoms with Gasteiger partial charge < -0.3 is 10.1 Å². The first-order chi connectivity index (χ1) is 10.6. The molecule has 0 saturated heterocycles. The van der Waals surface area contributed by atoms with Crippen LogP contribution in [0.5, 0.6) is 5.75 Å². The maximum absolute atomic E-state index is 11.9. The van der Waals surface area contributed by atoms with E-state index < -0.39 is 0 Å². The van der Waals surface area contributed by atoms with Gasteiger partial charge in [-0.05, 0) is 37.5 Å².